The van der Waals surface area contributed by atoms with Crippen molar-refractivity contribution in [3.63, 3.8) is 0 Å². The van der Waals surface area contributed by atoms with Crippen LogP contribution in [0.2, 0.25) is 0 Å². The number of hydrogen-bond acceptors (Lipinski definition) is 4. The number of anilines is 2. The third kappa shape index (κ3) is 4.14. The van der Waals surface area contributed by atoms with Crippen LogP contribution in [0.15, 0.2) is 84.1 Å². The standard InChI is InChI=1S/C22H18N4O2S/c1-15(27)25-17-6-8-18(9-7-17)29(28)26-21-11-10-19(16-4-2-12-23-14-16)20-5-3-13-24-22(20)21/h2-14,26H,1H3,(H,25,27). The molecule has 7 heteroatoms. The summed E-state index contributed by atoms with van der Waals surface area (Å²) in [5.74, 6) is -0.150. The van der Waals surface area contributed by atoms with E-state index in [2.05, 4.69) is 20.0 Å². The Morgan fingerprint density at radius 1 is 0.966 bits per heavy atom. The van der Waals surface area contributed by atoms with Gasteiger partial charge in [0.15, 0.2) is 0 Å². The minimum absolute atomic E-state index is 0.150. The lowest BCUT2D eigenvalue weighted by atomic mass is 10.0. The fourth-order valence-corrected chi connectivity index (χ4v) is 3.92. The topological polar surface area (TPSA) is 84.0 Å². The van der Waals surface area contributed by atoms with Crippen LogP contribution >= 0.6 is 0 Å². The van der Waals surface area contributed by atoms with Crippen LogP contribution in [-0.2, 0) is 15.8 Å². The highest BCUT2D eigenvalue weighted by Gasteiger charge is 2.12. The van der Waals surface area contributed by atoms with Crippen molar-refractivity contribution in [1.82, 2.24) is 9.97 Å². The number of fused-ring (bicyclic) bond motifs is 1. The Hall–Kier alpha value is -3.58. The van der Waals surface area contributed by atoms with Crippen LogP contribution in [0.4, 0.5) is 11.4 Å². The predicted octanol–water partition coefficient (Wildman–Crippen LogP) is 4.39. The van der Waals surface area contributed by atoms with Gasteiger partial charge in [-0.2, -0.15) is 0 Å². The maximum Gasteiger partial charge on any atom is 0.221 e. The van der Waals surface area contributed by atoms with Crippen molar-refractivity contribution in [2.75, 3.05) is 10.0 Å². The molecule has 0 saturated carbocycles. The number of rotatable bonds is 5. The Morgan fingerprint density at radius 3 is 2.48 bits per heavy atom. The van der Waals surface area contributed by atoms with E-state index in [1.54, 1.807) is 36.7 Å². The van der Waals surface area contributed by atoms with Crippen molar-refractivity contribution in [2.45, 2.75) is 11.8 Å². The maximum atomic E-state index is 12.8. The van der Waals surface area contributed by atoms with Crippen molar-refractivity contribution in [3.8, 4) is 11.1 Å². The predicted molar refractivity (Wildman–Crippen MR) is 116 cm³/mol. The molecule has 0 bridgehead atoms. The monoisotopic (exact) mass is 402 g/mol. The molecule has 0 fully saturated rings. The summed E-state index contributed by atoms with van der Waals surface area (Å²) in [4.78, 5) is 20.4. The Labute approximate surface area is 170 Å². The van der Waals surface area contributed by atoms with Gasteiger partial charge in [0.1, 0.15) is 11.0 Å². The van der Waals surface area contributed by atoms with Crippen molar-refractivity contribution >= 4 is 39.2 Å². The molecule has 4 aromatic rings. The van der Waals surface area contributed by atoms with Crippen LogP contribution < -0.4 is 10.0 Å². The highest BCUT2D eigenvalue weighted by atomic mass is 32.2. The van der Waals surface area contributed by atoms with E-state index in [1.165, 1.54) is 6.92 Å². The molecule has 1 amide bonds. The minimum atomic E-state index is -1.48. The molecule has 144 valence electrons. The zero-order valence-electron chi connectivity index (χ0n) is 15.6. The normalized spacial score (nSPS) is 11.8. The highest BCUT2D eigenvalue weighted by molar-refractivity contribution is 7.86. The zero-order chi connectivity index (χ0) is 20.2. The van der Waals surface area contributed by atoms with Gasteiger partial charge in [0.25, 0.3) is 0 Å². The van der Waals surface area contributed by atoms with Crippen LogP contribution in [-0.4, -0.2) is 20.1 Å². The van der Waals surface area contributed by atoms with Crippen molar-refractivity contribution in [2.24, 2.45) is 0 Å². The van der Waals surface area contributed by atoms with Crippen LogP contribution in [0.3, 0.4) is 0 Å². The van der Waals surface area contributed by atoms with Gasteiger partial charge in [-0.05, 0) is 48.0 Å². The molecule has 1 unspecified atom stereocenters. The van der Waals surface area contributed by atoms with Gasteiger partial charge < -0.3 is 5.32 Å². The van der Waals surface area contributed by atoms with E-state index in [-0.39, 0.29) is 5.91 Å². The molecule has 2 N–H and O–H groups in total. The second-order valence-corrected chi connectivity index (χ2v) is 7.59. The molecule has 2 aromatic heterocycles. The highest BCUT2D eigenvalue weighted by Crippen LogP contribution is 2.32. The zero-order valence-corrected chi connectivity index (χ0v) is 16.4. The maximum absolute atomic E-state index is 12.8. The van der Waals surface area contributed by atoms with E-state index in [0.29, 0.717) is 16.3 Å². The summed E-state index contributed by atoms with van der Waals surface area (Å²) in [6, 6.07) is 18.5. The molecule has 1 atom stereocenters. The summed E-state index contributed by atoms with van der Waals surface area (Å²) in [6.45, 7) is 1.45. The van der Waals surface area contributed by atoms with Crippen molar-refractivity contribution in [1.29, 1.82) is 0 Å². The third-order valence-electron chi connectivity index (χ3n) is 4.33. The van der Waals surface area contributed by atoms with Crippen molar-refractivity contribution < 1.29 is 9.00 Å². The lowest BCUT2D eigenvalue weighted by Crippen LogP contribution is -2.07. The van der Waals surface area contributed by atoms with Crippen molar-refractivity contribution in [3.05, 3.63) is 79.3 Å². The summed E-state index contributed by atoms with van der Waals surface area (Å²) in [5, 5.41) is 3.64. The second kappa shape index (κ2) is 8.20. The van der Waals surface area contributed by atoms with Gasteiger partial charge in [-0.15, -0.1) is 0 Å². The summed E-state index contributed by atoms with van der Waals surface area (Å²) < 4.78 is 15.9. The fourth-order valence-electron chi connectivity index (χ4n) is 3.05. The smallest absolute Gasteiger partial charge is 0.221 e. The number of nitrogens with one attached hydrogen (secondary N) is 2. The third-order valence-corrected chi connectivity index (χ3v) is 5.44. The number of pyridine rings is 2. The van der Waals surface area contributed by atoms with Crippen LogP contribution in [0.1, 0.15) is 6.92 Å². The Morgan fingerprint density at radius 2 is 1.76 bits per heavy atom. The minimum Gasteiger partial charge on any atom is -0.326 e. The van der Waals surface area contributed by atoms with Gasteiger partial charge in [-0.1, -0.05) is 18.2 Å². The molecular weight excluding hydrogens is 384 g/mol. The number of nitrogens with zero attached hydrogens (tertiary/aromatic N) is 2. The molecular formula is C22H18N4O2S. The molecule has 0 saturated heterocycles. The number of hydrogen-bond donors (Lipinski definition) is 2. The van der Waals surface area contributed by atoms with Gasteiger partial charge in [0, 0.05) is 42.2 Å². The van der Waals surface area contributed by atoms with Crippen LogP contribution in [0.5, 0.6) is 0 Å². The lowest BCUT2D eigenvalue weighted by molar-refractivity contribution is -0.114. The first kappa shape index (κ1) is 18.8. The molecule has 0 aliphatic carbocycles. The Kier molecular flexibility index (Phi) is 5.31. The average molecular weight is 402 g/mol. The summed E-state index contributed by atoms with van der Waals surface area (Å²) in [5.41, 5.74) is 4.07. The van der Waals surface area contributed by atoms with E-state index in [4.69, 9.17) is 0 Å². The molecule has 0 aliphatic rings. The first-order chi connectivity index (χ1) is 14.1. The van der Waals surface area contributed by atoms with Crippen LogP contribution in [0.25, 0.3) is 22.0 Å². The number of carbonyl (C=O) groups is 1. The fraction of sp³-hybridized carbons (Fsp3) is 0.0455. The molecule has 0 spiro atoms. The lowest BCUT2D eigenvalue weighted by Gasteiger charge is -2.12. The SMILES string of the molecule is CC(=O)Nc1ccc(S(=O)Nc2ccc(-c3cccnc3)c3cccnc23)cc1. The average Bonchev–Trinajstić information content (AvgIpc) is 2.74. The molecule has 2 heterocycles. The van der Waals surface area contributed by atoms with Gasteiger partial charge in [0.05, 0.1) is 16.1 Å². The molecule has 29 heavy (non-hydrogen) atoms. The summed E-state index contributed by atoms with van der Waals surface area (Å²) in [6.07, 6.45) is 5.26. The molecule has 0 aliphatic heterocycles. The molecule has 4 rings (SSSR count). The largest absolute Gasteiger partial charge is 0.326 e. The Bertz CT molecular complexity index is 1190. The number of benzene rings is 2. The van der Waals surface area contributed by atoms with E-state index in [9.17, 15) is 9.00 Å². The summed E-state index contributed by atoms with van der Waals surface area (Å²) in [7, 11) is -1.48. The number of aromatic nitrogens is 2. The molecule has 0 radical (unpaired) electrons. The van der Waals surface area contributed by atoms with Crippen LogP contribution in [0, 0.1) is 0 Å². The first-order valence-corrected chi connectivity index (χ1v) is 10.1. The van der Waals surface area contributed by atoms with E-state index in [1.807, 2.05) is 42.6 Å². The quantitative estimate of drug-likeness (QED) is 0.519. The molecule has 6 nitrogen and oxygen atoms in total. The van der Waals surface area contributed by atoms with Gasteiger partial charge >= 0.3 is 0 Å². The van der Waals surface area contributed by atoms with Gasteiger partial charge in [-0.25, -0.2) is 4.21 Å². The first-order valence-electron chi connectivity index (χ1n) is 8.96. The van der Waals surface area contributed by atoms with Gasteiger partial charge in [-0.3, -0.25) is 19.5 Å². The van der Waals surface area contributed by atoms with E-state index < -0.39 is 11.0 Å². The number of carbonyl (C=O) groups excluding carboxylic acids is 1. The Balaban J connectivity index is 1.65. The van der Waals surface area contributed by atoms with E-state index in [0.717, 1.165) is 22.0 Å². The van der Waals surface area contributed by atoms with Gasteiger partial charge in [0.2, 0.25) is 5.91 Å². The molecule has 2 aromatic carbocycles. The second-order valence-electron chi connectivity index (χ2n) is 6.38. The number of amides is 1. The summed E-state index contributed by atoms with van der Waals surface area (Å²) >= 11 is 0. The van der Waals surface area contributed by atoms with E-state index >= 15 is 0 Å².